The lowest BCUT2D eigenvalue weighted by atomic mass is 10.1. The first-order valence-corrected chi connectivity index (χ1v) is 8.83. The van der Waals surface area contributed by atoms with Crippen LogP contribution in [0.3, 0.4) is 0 Å². The van der Waals surface area contributed by atoms with Crippen molar-refractivity contribution in [2.45, 2.75) is 13.5 Å². The molecule has 0 bridgehead atoms. The Morgan fingerprint density at radius 3 is 2.77 bits per heavy atom. The van der Waals surface area contributed by atoms with Crippen LogP contribution < -0.4 is 4.74 Å². The van der Waals surface area contributed by atoms with E-state index in [2.05, 4.69) is 26.1 Å². The smallest absolute Gasteiger partial charge is 0.203 e. The number of carbonyl (C=O) groups excluding carboxylic acids is 1. The molecule has 0 spiro atoms. The number of aryl methyl sites for hydroxylation is 2. The summed E-state index contributed by atoms with van der Waals surface area (Å²) >= 11 is 3.40. The van der Waals surface area contributed by atoms with Gasteiger partial charge in [0.2, 0.25) is 5.78 Å². The van der Waals surface area contributed by atoms with E-state index >= 15 is 0 Å². The molecule has 134 valence electrons. The van der Waals surface area contributed by atoms with Gasteiger partial charge in [0.05, 0.1) is 30.0 Å². The van der Waals surface area contributed by atoms with Gasteiger partial charge < -0.3 is 4.74 Å². The van der Waals surface area contributed by atoms with Gasteiger partial charge in [-0.1, -0.05) is 12.1 Å². The summed E-state index contributed by atoms with van der Waals surface area (Å²) < 4.78 is 9.77. The fourth-order valence-corrected chi connectivity index (χ4v) is 3.05. The van der Waals surface area contributed by atoms with Crippen LogP contribution in [0.25, 0.3) is 6.08 Å². The Morgan fingerprint density at radius 2 is 2.15 bits per heavy atom. The molecule has 6 nitrogen and oxygen atoms in total. The number of benzene rings is 1. The Hall–Kier alpha value is -2.67. The number of ketones is 1. The first-order valence-electron chi connectivity index (χ1n) is 8.04. The van der Waals surface area contributed by atoms with E-state index in [0.717, 1.165) is 27.0 Å². The van der Waals surface area contributed by atoms with Crippen LogP contribution in [0.4, 0.5) is 0 Å². The molecule has 0 N–H and O–H groups in total. The lowest BCUT2D eigenvalue weighted by molar-refractivity contribution is 0.103. The normalized spacial score (nSPS) is 11.2. The van der Waals surface area contributed by atoms with Crippen molar-refractivity contribution in [3.05, 3.63) is 69.7 Å². The molecule has 0 unspecified atom stereocenters. The minimum Gasteiger partial charge on any atom is -0.496 e. The number of carbonyl (C=O) groups is 1. The molecule has 0 saturated carbocycles. The molecule has 0 aliphatic heterocycles. The fourth-order valence-electron chi connectivity index (χ4n) is 2.72. The highest BCUT2D eigenvalue weighted by Gasteiger charge is 2.09. The average molecular weight is 415 g/mol. The summed E-state index contributed by atoms with van der Waals surface area (Å²) in [4.78, 5) is 12.4. The number of hydrogen-bond acceptors (Lipinski definition) is 4. The molecular formula is C19H19BrN4O2. The zero-order chi connectivity index (χ0) is 18.7. The highest BCUT2D eigenvalue weighted by molar-refractivity contribution is 9.10. The fraction of sp³-hybridized carbons (Fsp3) is 0.211. The van der Waals surface area contributed by atoms with Gasteiger partial charge >= 0.3 is 0 Å². The minimum atomic E-state index is -0.0820. The van der Waals surface area contributed by atoms with Crippen molar-refractivity contribution in [2.75, 3.05) is 7.11 Å². The van der Waals surface area contributed by atoms with Gasteiger partial charge in [0.1, 0.15) is 11.4 Å². The molecule has 2 aromatic heterocycles. The number of ether oxygens (including phenoxy) is 1. The quantitative estimate of drug-likeness (QED) is 0.456. The van der Waals surface area contributed by atoms with Crippen LogP contribution in [-0.4, -0.2) is 32.5 Å². The second kappa shape index (κ2) is 7.70. The summed E-state index contributed by atoms with van der Waals surface area (Å²) in [7, 11) is 3.41. The van der Waals surface area contributed by atoms with Gasteiger partial charge in [-0.15, -0.1) is 0 Å². The van der Waals surface area contributed by atoms with E-state index in [4.69, 9.17) is 4.74 Å². The Morgan fingerprint density at radius 1 is 1.35 bits per heavy atom. The molecule has 0 saturated heterocycles. The lowest BCUT2D eigenvalue weighted by Crippen LogP contribution is -2.04. The molecule has 0 aliphatic carbocycles. The van der Waals surface area contributed by atoms with Crippen molar-refractivity contribution >= 4 is 27.8 Å². The Balaban J connectivity index is 1.82. The first-order chi connectivity index (χ1) is 12.5. The van der Waals surface area contributed by atoms with E-state index in [-0.39, 0.29) is 5.78 Å². The van der Waals surface area contributed by atoms with E-state index in [0.29, 0.717) is 12.2 Å². The predicted octanol–water partition coefficient (Wildman–Crippen LogP) is 3.64. The van der Waals surface area contributed by atoms with Crippen LogP contribution in [0.15, 0.2) is 47.2 Å². The highest BCUT2D eigenvalue weighted by atomic mass is 79.9. The summed E-state index contributed by atoms with van der Waals surface area (Å²) in [6, 6.07) is 7.58. The summed E-state index contributed by atoms with van der Waals surface area (Å²) in [6.07, 6.45) is 7.00. The monoisotopic (exact) mass is 414 g/mol. The molecule has 1 aromatic carbocycles. The molecule has 2 heterocycles. The third-order valence-electron chi connectivity index (χ3n) is 3.92. The molecule has 26 heavy (non-hydrogen) atoms. The van der Waals surface area contributed by atoms with Crippen LogP contribution in [0.1, 0.15) is 27.3 Å². The van der Waals surface area contributed by atoms with Crippen molar-refractivity contribution in [1.29, 1.82) is 0 Å². The molecule has 0 aliphatic rings. The van der Waals surface area contributed by atoms with Gasteiger partial charge in [0.25, 0.3) is 0 Å². The van der Waals surface area contributed by atoms with E-state index in [1.807, 2.05) is 36.0 Å². The van der Waals surface area contributed by atoms with Crippen LogP contribution in [0, 0.1) is 6.92 Å². The second-order valence-corrected chi connectivity index (χ2v) is 6.84. The van der Waals surface area contributed by atoms with E-state index in [1.54, 1.807) is 43.3 Å². The van der Waals surface area contributed by atoms with Crippen LogP contribution in [0.2, 0.25) is 0 Å². The number of methoxy groups -OCH3 is 1. The standard InChI is InChI=1S/C19H19BrN4O2/c1-13-8-17(23(2)22-13)18(25)6-4-14-5-7-19(26-3)15(9-14)11-24-12-16(20)10-21-24/h4-10,12H,11H2,1-3H3/b6-4+. The highest BCUT2D eigenvalue weighted by Crippen LogP contribution is 2.22. The number of halogens is 1. The summed E-state index contributed by atoms with van der Waals surface area (Å²) in [6.45, 7) is 2.44. The maximum atomic E-state index is 12.4. The van der Waals surface area contributed by atoms with Crippen molar-refractivity contribution in [2.24, 2.45) is 7.05 Å². The van der Waals surface area contributed by atoms with E-state index in [1.165, 1.54) is 0 Å². The summed E-state index contributed by atoms with van der Waals surface area (Å²) in [5.74, 6) is 0.698. The minimum absolute atomic E-state index is 0.0820. The molecule has 3 aromatic rings. The van der Waals surface area contributed by atoms with Gasteiger partial charge in [-0.2, -0.15) is 10.2 Å². The van der Waals surface area contributed by atoms with Gasteiger partial charge in [-0.25, -0.2) is 0 Å². The second-order valence-electron chi connectivity index (χ2n) is 5.92. The summed E-state index contributed by atoms with van der Waals surface area (Å²) in [5, 5.41) is 8.48. The molecule has 7 heteroatoms. The number of nitrogens with zero attached hydrogens (tertiary/aromatic N) is 4. The van der Waals surface area contributed by atoms with Crippen LogP contribution >= 0.6 is 15.9 Å². The van der Waals surface area contributed by atoms with Gasteiger partial charge in [0, 0.05) is 18.8 Å². The molecular weight excluding hydrogens is 396 g/mol. The van der Waals surface area contributed by atoms with E-state index < -0.39 is 0 Å². The third-order valence-corrected chi connectivity index (χ3v) is 4.33. The van der Waals surface area contributed by atoms with Crippen LogP contribution in [-0.2, 0) is 13.6 Å². The number of aromatic nitrogens is 4. The predicted molar refractivity (Wildman–Crippen MR) is 103 cm³/mol. The molecule has 3 rings (SSSR count). The molecule has 0 fully saturated rings. The summed E-state index contributed by atoms with van der Waals surface area (Å²) in [5.41, 5.74) is 3.28. The van der Waals surface area contributed by atoms with Gasteiger partial charge in [-0.05, 0) is 52.7 Å². The Bertz CT molecular complexity index is 972. The average Bonchev–Trinajstić information content (AvgIpc) is 3.17. The number of rotatable bonds is 6. The maximum Gasteiger partial charge on any atom is 0.203 e. The van der Waals surface area contributed by atoms with Crippen molar-refractivity contribution < 1.29 is 9.53 Å². The SMILES string of the molecule is COc1ccc(/C=C/C(=O)c2cc(C)nn2C)cc1Cn1cc(Br)cn1. The number of hydrogen-bond donors (Lipinski definition) is 0. The van der Waals surface area contributed by atoms with Gasteiger partial charge in [0.15, 0.2) is 0 Å². The Labute approximate surface area is 160 Å². The lowest BCUT2D eigenvalue weighted by Gasteiger charge is -2.09. The topological polar surface area (TPSA) is 61.9 Å². The van der Waals surface area contributed by atoms with Crippen molar-refractivity contribution in [3.8, 4) is 5.75 Å². The third kappa shape index (κ3) is 4.11. The Kier molecular flexibility index (Phi) is 5.37. The number of allylic oxidation sites excluding steroid dienone is 1. The first kappa shape index (κ1) is 18.1. The van der Waals surface area contributed by atoms with E-state index in [9.17, 15) is 4.79 Å². The molecule has 0 radical (unpaired) electrons. The zero-order valence-corrected chi connectivity index (χ0v) is 16.4. The van der Waals surface area contributed by atoms with Crippen molar-refractivity contribution in [3.63, 3.8) is 0 Å². The zero-order valence-electron chi connectivity index (χ0n) is 14.8. The molecule has 0 atom stereocenters. The van der Waals surface area contributed by atoms with Crippen molar-refractivity contribution in [1.82, 2.24) is 19.6 Å². The molecule has 0 amide bonds. The van der Waals surface area contributed by atoms with Gasteiger partial charge in [-0.3, -0.25) is 14.2 Å². The van der Waals surface area contributed by atoms with Crippen LogP contribution in [0.5, 0.6) is 5.75 Å². The largest absolute Gasteiger partial charge is 0.496 e. The maximum absolute atomic E-state index is 12.4.